The zero-order chi connectivity index (χ0) is 15.4. The Morgan fingerprint density at radius 3 is 2.95 bits per heavy atom. The van der Waals surface area contributed by atoms with E-state index in [4.69, 9.17) is 5.73 Å². The standard InChI is InChI=1S/C16H22N4O/c1-4-6-15-18-9-10-20(15)12(3)16(21)19-14-8-5-7-13(17)11(14)2/h5,7-10,12H,4,6,17H2,1-3H3,(H,19,21). The Bertz CT molecular complexity index is 633. The Hall–Kier alpha value is -2.30. The summed E-state index contributed by atoms with van der Waals surface area (Å²) in [6, 6.07) is 5.21. The summed E-state index contributed by atoms with van der Waals surface area (Å²) in [5, 5.41) is 2.94. The van der Waals surface area contributed by atoms with E-state index in [9.17, 15) is 4.79 Å². The monoisotopic (exact) mass is 286 g/mol. The summed E-state index contributed by atoms with van der Waals surface area (Å²) in [6.45, 7) is 5.87. The molecule has 0 spiro atoms. The molecule has 0 bridgehead atoms. The van der Waals surface area contributed by atoms with Gasteiger partial charge in [-0.05, 0) is 38.0 Å². The van der Waals surface area contributed by atoms with E-state index in [1.165, 1.54) is 0 Å². The smallest absolute Gasteiger partial charge is 0.247 e. The van der Waals surface area contributed by atoms with Crippen LogP contribution in [0.15, 0.2) is 30.6 Å². The van der Waals surface area contributed by atoms with Gasteiger partial charge in [0.15, 0.2) is 0 Å². The van der Waals surface area contributed by atoms with Gasteiger partial charge in [-0.15, -0.1) is 0 Å². The van der Waals surface area contributed by atoms with Gasteiger partial charge >= 0.3 is 0 Å². The summed E-state index contributed by atoms with van der Waals surface area (Å²) in [6.07, 6.45) is 5.45. The lowest BCUT2D eigenvalue weighted by atomic mass is 10.1. The zero-order valence-corrected chi connectivity index (χ0v) is 12.8. The largest absolute Gasteiger partial charge is 0.398 e. The average Bonchev–Trinajstić information content (AvgIpc) is 2.91. The second-order valence-electron chi connectivity index (χ2n) is 5.19. The normalized spacial score (nSPS) is 12.1. The fraction of sp³-hybridized carbons (Fsp3) is 0.375. The first kappa shape index (κ1) is 15.1. The van der Waals surface area contributed by atoms with Crippen molar-refractivity contribution in [2.24, 2.45) is 0 Å². The van der Waals surface area contributed by atoms with Crippen LogP contribution in [-0.4, -0.2) is 15.5 Å². The number of aryl methyl sites for hydroxylation is 1. The molecule has 0 saturated heterocycles. The lowest BCUT2D eigenvalue weighted by Gasteiger charge is -2.17. The van der Waals surface area contributed by atoms with Gasteiger partial charge in [0.2, 0.25) is 5.91 Å². The summed E-state index contributed by atoms with van der Waals surface area (Å²) >= 11 is 0. The molecule has 112 valence electrons. The number of hydrogen-bond donors (Lipinski definition) is 2. The molecule has 1 amide bonds. The SMILES string of the molecule is CCCc1nccn1C(C)C(=O)Nc1cccc(N)c1C. The molecule has 5 nitrogen and oxygen atoms in total. The fourth-order valence-electron chi connectivity index (χ4n) is 2.27. The van der Waals surface area contributed by atoms with Crippen LogP contribution in [0.4, 0.5) is 11.4 Å². The molecule has 1 unspecified atom stereocenters. The first-order chi connectivity index (χ1) is 10.0. The quantitative estimate of drug-likeness (QED) is 0.830. The second kappa shape index (κ2) is 6.43. The summed E-state index contributed by atoms with van der Waals surface area (Å²) in [4.78, 5) is 16.7. The van der Waals surface area contributed by atoms with Crippen molar-refractivity contribution >= 4 is 17.3 Å². The van der Waals surface area contributed by atoms with E-state index in [-0.39, 0.29) is 11.9 Å². The van der Waals surface area contributed by atoms with Crippen molar-refractivity contribution < 1.29 is 4.79 Å². The van der Waals surface area contributed by atoms with Crippen LogP contribution in [0.3, 0.4) is 0 Å². The Labute approximate surface area is 125 Å². The molecule has 1 aromatic carbocycles. The molecule has 21 heavy (non-hydrogen) atoms. The van der Waals surface area contributed by atoms with Gasteiger partial charge in [-0.3, -0.25) is 4.79 Å². The van der Waals surface area contributed by atoms with Crippen LogP contribution in [0.1, 0.15) is 37.7 Å². The van der Waals surface area contributed by atoms with Crippen molar-refractivity contribution in [1.29, 1.82) is 0 Å². The van der Waals surface area contributed by atoms with Gasteiger partial charge in [0, 0.05) is 30.2 Å². The third-order valence-corrected chi connectivity index (χ3v) is 3.65. The van der Waals surface area contributed by atoms with Crippen molar-refractivity contribution in [2.75, 3.05) is 11.1 Å². The molecule has 1 atom stereocenters. The predicted molar refractivity (Wildman–Crippen MR) is 85.2 cm³/mol. The second-order valence-corrected chi connectivity index (χ2v) is 5.19. The minimum atomic E-state index is -0.310. The van der Waals surface area contributed by atoms with Crippen LogP contribution in [0, 0.1) is 6.92 Å². The van der Waals surface area contributed by atoms with Gasteiger partial charge in [0.25, 0.3) is 0 Å². The Kier molecular flexibility index (Phi) is 4.62. The van der Waals surface area contributed by atoms with Crippen LogP contribution in [-0.2, 0) is 11.2 Å². The lowest BCUT2D eigenvalue weighted by molar-refractivity contribution is -0.118. The number of carbonyl (C=O) groups excluding carboxylic acids is 1. The van der Waals surface area contributed by atoms with Gasteiger partial charge in [-0.2, -0.15) is 0 Å². The topological polar surface area (TPSA) is 72.9 Å². The lowest BCUT2D eigenvalue weighted by Crippen LogP contribution is -2.25. The fourth-order valence-corrected chi connectivity index (χ4v) is 2.27. The molecule has 2 rings (SSSR count). The number of hydrogen-bond acceptors (Lipinski definition) is 3. The number of aromatic nitrogens is 2. The molecular weight excluding hydrogens is 264 g/mol. The number of nitrogens with one attached hydrogen (secondary N) is 1. The highest BCUT2D eigenvalue weighted by Crippen LogP contribution is 2.22. The van der Waals surface area contributed by atoms with Gasteiger partial charge in [0.05, 0.1) is 0 Å². The van der Waals surface area contributed by atoms with Gasteiger partial charge in [-0.1, -0.05) is 13.0 Å². The number of nitrogen functional groups attached to an aromatic ring is 1. The Morgan fingerprint density at radius 2 is 2.24 bits per heavy atom. The molecule has 0 radical (unpaired) electrons. The predicted octanol–water partition coefficient (Wildman–Crippen LogP) is 2.93. The number of carbonyl (C=O) groups is 1. The highest BCUT2D eigenvalue weighted by molar-refractivity contribution is 5.94. The van der Waals surface area contributed by atoms with Crippen molar-refractivity contribution in [3.8, 4) is 0 Å². The van der Waals surface area contributed by atoms with E-state index in [0.717, 1.165) is 29.9 Å². The third-order valence-electron chi connectivity index (χ3n) is 3.65. The Morgan fingerprint density at radius 1 is 1.48 bits per heavy atom. The number of amides is 1. The molecule has 1 heterocycles. The van der Waals surface area contributed by atoms with E-state index >= 15 is 0 Å². The van der Waals surface area contributed by atoms with Crippen molar-refractivity contribution in [3.63, 3.8) is 0 Å². The zero-order valence-electron chi connectivity index (χ0n) is 12.8. The maximum atomic E-state index is 12.4. The summed E-state index contributed by atoms with van der Waals surface area (Å²) < 4.78 is 1.92. The first-order valence-corrected chi connectivity index (χ1v) is 7.22. The molecule has 0 fully saturated rings. The molecule has 3 N–H and O–H groups in total. The van der Waals surface area contributed by atoms with Crippen LogP contribution in [0.2, 0.25) is 0 Å². The van der Waals surface area contributed by atoms with Gasteiger partial charge < -0.3 is 15.6 Å². The van der Waals surface area contributed by atoms with Crippen molar-refractivity contribution in [3.05, 3.63) is 42.0 Å². The molecule has 0 aliphatic rings. The first-order valence-electron chi connectivity index (χ1n) is 7.22. The summed E-state index contributed by atoms with van der Waals surface area (Å²) in [5.74, 6) is 0.864. The molecule has 1 aromatic heterocycles. The third kappa shape index (κ3) is 3.24. The Balaban J connectivity index is 2.16. The molecule has 0 aliphatic carbocycles. The summed E-state index contributed by atoms with van der Waals surface area (Å²) in [5.41, 5.74) is 8.18. The van der Waals surface area contributed by atoms with Crippen molar-refractivity contribution in [1.82, 2.24) is 9.55 Å². The highest BCUT2D eigenvalue weighted by atomic mass is 16.2. The van der Waals surface area contributed by atoms with Crippen LogP contribution in [0.5, 0.6) is 0 Å². The number of imidazole rings is 1. The minimum absolute atomic E-state index is 0.0703. The maximum absolute atomic E-state index is 12.4. The van der Waals surface area contributed by atoms with Gasteiger partial charge in [0.1, 0.15) is 11.9 Å². The molecule has 2 aromatic rings. The van der Waals surface area contributed by atoms with Crippen molar-refractivity contribution in [2.45, 2.75) is 39.7 Å². The minimum Gasteiger partial charge on any atom is -0.398 e. The number of anilines is 2. The highest BCUT2D eigenvalue weighted by Gasteiger charge is 2.18. The number of rotatable bonds is 5. The number of nitrogens with two attached hydrogens (primary N) is 1. The van der Waals surface area contributed by atoms with E-state index in [2.05, 4.69) is 17.2 Å². The van der Waals surface area contributed by atoms with Crippen LogP contribution < -0.4 is 11.1 Å². The number of nitrogens with zero attached hydrogens (tertiary/aromatic N) is 2. The number of benzene rings is 1. The van der Waals surface area contributed by atoms with E-state index < -0.39 is 0 Å². The van der Waals surface area contributed by atoms with E-state index in [1.807, 2.05) is 42.8 Å². The van der Waals surface area contributed by atoms with E-state index in [0.29, 0.717) is 5.69 Å². The molecule has 0 saturated carbocycles. The molecule has 0 aliphatic heterocycles. The summed E-state index contributed by atoms with van der Waals surface area (Å²) in [7, 11) is 0. The molecular formula is C16H22N4O. The van der Waals surface area contributed by atoms with Gasteiger partial charge in [-0.25, -0.2) is 4.98 Å². The van der Waals surface area contributed by atoms with Crippen LogP contribution in [0.25, 0.3) is 0 Å². The maximum Gasteiger partial charge on any atom is 0.247 e. The molecule has 5 heteroatoms. The van der Waals surface area contributed by atoms with Crippen LogP contribution >= 0.6 is 0 Å². The van der Waals surface area contributed by atoms with E-state index in [1.54, 1.807) is 6.20 Å². The average molecular weight is 286 g/mol.